The Morgan fingerprint density at radius 2 is 2.44 bits per heavy atom. The summed E-state index contributed by atoms with van der Waals surface area (Å²) in [5.41, 5.74) is 0. The highest BCUT2D eigenvalue weighted by Crippen LogP contribution is 1.85. The average molecular weight is 146 g/mol. The smallest absolute Gasteiger partial charge is 0.315 e. The van der Waals surface area contributed by atoms with E-state index >= 15 is 0 Å². The Bertz CT molecular complexity index is 96.6. The van der Waals surface area contributed by atoms with E-state index in [-0.39, 0.29) is 5.97 Å². The number of thiol groups is 1. The van der Waals surface area contributed by atoms with Crippen molar-refractivity contribution in [3.63, 3.8) is 0 Å². The van der Waals surface area contributed by atoms with Gasteiger partial charge in [-0.05, 0) is 7.05 Å². The lowest BCUT2D eigenvalue weighted by Gasteiger charge is -2.07. The lowest BCUT2D eigenvalue weighted by molar-refractivity contribution is -0.140. The predicted molar refractivity (Wildman–Crippen MR) is 39.6 cm³/mol. The minimum atomic E-state index is -0.404. The van der Waals surface area contributed by atoms with Crippen LogP contribution in [0.25, 0.3) is 0 Å². The van der Waals surface area contributed by atoms with Crippen molar-refractivity contribution >= 4 is 25.0 Å². The molecule has 0 aromatic heterocycles. The summed E-state index contributed by atoms with van der Waals surface area (Å²) in [6.45, 7) is 1.44. The number of likely N-dealkylation sites (N-methyl/N-ethyl adjacent to an activating group) is 1. The van der Waals surface area contributed by atoms with E-state index in [1.165, 1.54) is 13.7 Å². The van der Waals surface area contributed by atoms with Crippen molar-refractivity contribution in [1.29, 1.82) is 0 Å². The van der Waals surface area contributed by atoms with Gasteiger partial charge >= 0.3 is 5.97 Å². The molecule has 0 amide bonds. The molecule has 0 aliphatic rings. The van der Waals surface area contributed by atoms with Crippen molar-refractivity contribution in [3.05, 3.63) is 0 Å². The van der Waals surface area contributed by atoms with Gasteiger partial charge in [-0.25, -0.2) is 12.5 Å². The molecule has 0 saturated carbocycles. The zero-order chi connectivity index (χ0) is 7.28. The molecule has 0 bridgehead atoms. The first-order valence-electron chi connectivity index (χ1n) is 2.49. The maximum Gasteiger partial charge on any atom is 0.315 e. The van der Waals surface area contributed by atoms with Gasteiger partial charge in [-0.2, -0.15) is 0 Å². The Kier molecular flexibility index (Phi) is 4.62. The summed E-state index contributed by atoms with van der Waals surface area (Å²) in [6, 6.07) is 0. The Morgan fingerprint density at radius 3 is 2.56 bits per heavy atom. The molecule has 5 heteroatoms. The average Bonchev–Trinajstić information content (AvgIpc) is 1.90. The van der Waals surface area contributed by atoms with Crippen LogP contribution >= 0.6 is 12.5 Å². The predicted octanol–water partition coefficient (Wildman–Crippen LogP) is -0.746. The number of carbonyl (C=O) groups excluding carboxylic acids is 1. The van der Waals surface area contributed by atoms with Gasteiger partial charge in [-0.15, -0.1) is 0 Å². The molecule has 0 spiro atoms. The Balaban J connectivity index is 3.64. The van der Waals surface area contributed by atoms with Crippen molar-refractivity contribution in [2.45, 2.75) is 5.94 Å². The molecule has 1 radical (unpaired) electrons. The molecule has 0 aliphatic carbocycles. The highest BCUT2D eigenvalue weighted by molar-refractivity contribution is 8.07. The van der Waals surface area contributed by atoms with Crippen LogP contribution in [0.5, 0.6) is 0 Å². The third kappa shape index (κ3) is 2.77. The van der Waals surface area contributed by atoms with Gasteiger partial charge in [0.1, 0.15) is 0 Å². The van der Waals surface area contributed by atoms with E-state index in [1.54, 1.807) is 7.05 Å². The third-order valence-electron chi connectivity index (χ3n) is 0.915. The van der Waals surface area contributed by atoms with E-state index in [1.807, 2.05) is 0 Å². The molecular formula is C4H9BNO2S. The second-order valence-electron chi connectivity index (χ2n) is 1.44. The van der Waals surface area contributed by atoms with E-state index in [0.717, 1.165) is 0 Å². The Labute approximate surface area is 60.7 Å². The fourth-order valence-electron chi connectivity index (χ4n) is 0.380. The van der Waals surface area contributed by atoms with Crippen molar-refractivity contribution in [1.82, 2.24) is 5.32 Å². The molecule has 3 nitrogen and oxygen atoms in total. The second kappa shape index (κ2) is 4.70. The lowest BCUT2D eigenvalue weighted by atomic mass is 9.95. The maximum atomic E-state index is 10.6. The summed E-state index contributed by atoms with van der Waals surface area (Å²) >= 11 is 3.80. The number of rotatable bonds is 3. The van der Waals surface area contributed by atoms with Gasteiger partial charge in [0.15, 0.2) is 0 Å². The van der Waals surface area contributed by atoms with Crippen LogP contribution in [0.4, 0.5) is 0 Å². The monoisotopic (exact) mass is 146 g/mol. The minimum absolute atomic E-state index is 0.326. The number of methoxy groups -OCH3 is 1. The summed E-state index contributed by atoms with van der Waals surface area (Å²) in [5.74, 6) is -0.731. The number of hydrogen-bond acceptors (Lipinski definition) is 4. The number of carbonyl (C=O) groups is 1. The van der Waals surface area contributed by atoms with Gasteiger partial charge in [0.2, 0.25) is 6.56 Å². The summed E-state index contributed by atoms with van der Waals surface area (Å²) in [4.78, 5) is 10.6. The van der Waals surface area contributed by atoms with Gasteiger partial charge in [0, 0.05) is 0 Å². The van der Waals surface area contributed by atoms with Crippen LogP contribution in [0.2, 0.25) is 0 Å². The summed E-state index contributed by atoms with van der Waals surface area (Å²) in [7, 11) is 3.00. The van der Waals surface area contributed by atoms with Crippen LogP contribution in [0.15, 0.2) is 0 Å². The zero-order valence-corrected chi connectivity index (χ0v) is 6.31. The normalized spacial score (nSPS) is 12.3. The van der Waals surface area contributed by atoms with Gasteiger partial charge in [-0.1, -0.05) is 0 Å². The Morgan fingerprint density at radius 1 is 1.89 bits per heavy atom. The summed E-state index contributed by atoms with van der Waals surface area (Å²) in [5, 5.41) is 2.70. The van der Waals surface area contributed by atoms with Crippen LogP contribution in [0.1, 0.15) is 0 Å². The fourth-order valence-corrected chi connectivity index (χ4v) is 0.651. The van der Waals surface area contributed by atoms with Crippen molar-refractivity contribution in [2.75, 3.05) is 14.2 Å². The number of ether oxygens (including phenoxy) is 1. The molecule has 9 heavy (non-hydrogen) atoms. The second-order valence-corrected chi connectivity index (χ2v) is 1.74. The molecule has 1 unspecified atom stereocenters. The zero-order valence-electron chi connectivity index (χ0n) is 5.42. The van der Waals surface area contributed by atoms with E-state index in [4.69, 9.17) is 0 Å². The molecule has 0 fully saturated rings. The molecule has 0 rings (SSSR count). The van der Waals surface area contributed by atoms with Crippen molar-refractivity contribution < 1.29 is 9.53 Å². The van der Waals surface area contributed by atoms with E-state index in [9.17, 15) is 4.79 Å². The van der Waals surface area contributed by atoms with Crippen LogP contribution in [-0.4, -0.2) is 32.6 Å². The molecular weight excluding hydrogens is 137 g/mol. The van der Waals surface area contributed by atoms with Gasteiger partial charge < -0.3 is 10.1 Å². The van der Waals surface area contributed by atoms with Crippen molar-refractivity contribution in [3.8, 4) is 0 Å². The van der Waals surface area contributed by atoms with Crippen LogP contribution < -0.4 is 5.32 Å². The quantitative estimate of drug-likeness (QED) is 0.312. The van der Waals surface area contributed by atoms with Crippen LogP contribution in [-0.2, 0) is 9.53 Å². The Hall–Kier alpha value is -0.155. The van der Waals surface area contributed by atoms with E-state index in [2.05, 4.69) is 22.5 Å². The first-order chi connectivity index (χ1) is 4.26. The number of esters is 1. The number of nitrogens with one attached hydrogen (secondary N) is 1. The SMILES string of the molecule is CNC([B]S)C(=O)OC. The molecule has 51 valence electrons. The molecule has 0 aromatic carbocycles. The third-order valence-corrected chi connectivity index (χ3v) is 1.21. The highest BCUT2D eigenvalue weighted by atomic mass is 32.1. The van der Waals surface area contributed by atoms with Crippen LogP contribution in [0.3, 0.4) is 0 Å². The summed E-state index contributed by atoms with van der Waals surface area (Å²) in [6.07, 6.45) is 0. The molecule has 0 aliphatic heterocycles. The van der Waals surface area contributed by atoms with E-state index < -0.39 is 5.94 Å². The topological polar surface area (TPSA) is 38.3 Å². The lowest BCUT2D eigenvalue weighted by Crippen LogP contribution is -2.38. The molecule has 1 N–H and O–H groups in total. The first-order valence-corrected chi connectivity index (χ1v) is 3.00. The van der Waals surface area contributed by atoms with E-state index in [0.29, 0.717) is 0 Å². The maximum absolute atomic E-state index is 10.6. The molecule has 0 aromatic rings. The molecule has 0 saturated heterocycles. The van der Waals surface area contributed by atoms with Gasteiger partial charge in [0.25, 0.3) is 0 Å². The van der Waals surface area contributed by atoms with Gasteiger partial charge in [-0.3, -0.25) is 4.79 Å². The largest absolute Gasteiger partial charge is 0.468 e. The van der Waals surface area contributed by atoms with Crippen LogP contribution in [0, 0.1) is 0 Å². The first kappa shape index (κ1) is 8.84. The summed E-state index contributed by atoms with van der Waals surface area (Å²) < 4.78 is 4.41. The fraction of sp³-hybridized carbons (Fsp3) is 0.750. The van der Waals surface area contributed by atoms with Crippen molar-refractivity contribution in [2.24, 2.45) is 0 Å². The standard InChI is InChI=1S/C4H9BNO2S/c1-6-3(5-9)4(7)8-2/h3,6,9H,1-2H3. The molecule has 0 heterocycles. The van der Waals surface area contributed by atoms with Gasteiger partial charge in [0.05, 0.1) is 13.1 Å². The molecule has 1 atom stereocenters. The number of hydrogen-bond donors (Lipinski definition) is 2. The highest BCUT2D eigenvalue weighted by Gasteiger charge is 2.14. The minimum Gasteiger partial charge on any atom is -0.468 e.